The first-order valence-electron chi connectivity index (χ1n) is 9.27. The van der Waals surface area contributed by atoms with E-state index in [4.69, 9.17) is 0 Å². The Kier molecular flexibility index (Phi) is 4.26. The highest BCUT2D eigenvalue weighted by atomic mass is 16.3. The molecule has 0 saturated carbocycles. The van der Waals surface area contributed by atoms with E-state index in [1.165, 1.54) is 27.6 Å². The fourth-order valence-corrected chi connectivity index (χ4v) is 4.42. The van der Waals surface area contributed by atoms with Gasteiger partial charge in [-0.3, -0.25) is 9.69 Å². The van der Waals surface area contributed by atoms with Crippen molar-refractivity contribution in [2.24, 2.45) is 11.8 Å². The molecule has 25 heavy (non-hydrogen) atoms. The summed E-state index contributed by atoms with van der Waals surface area (Å²) in [6.45, 7) is 2.89. The molecule has 1 aromatic heterocycles. The lowest BCUT2D eigenvalue weighted by Gasteiger charge is -2.39. The van der Waals surface area contributed by atoms with Crippen molar-refractivity contribution in [3.63, 3.8) is 0 Å². The molecule has 4 nitrogen and oxygen atoms in total. The number of benzene rings is 1. The second kappa shape index (κ2) is 6.43. The van der Waals surface area contributed by atoms with Crippen molar-refractivity contribution in [1.29, 1.82) is 0 Å². The summed E-state index contributed by atoms with van der Waals surface area (Å²) in [5.41, 5.74) is 5.11. The van der Waals surface area contributed by atoms with Gasteiger partial charge in [0.2, 0.25) is 0 Å². The third kappa shape index (κ3) is 2.74. The molecule has 4 rings (SSSR count). The van der Waals surface area contributed by atoms with Crippen LogP contribution in [0.2, 0.25) is 0 Å². The van der Waals surface area contributed by atoms with E-state index in [0.717, 1.165) is 19.4 Å². The number of likely N-dealkylation sites (N-methyl/N-ethyl adjacent to an activating group) is 1. The quantitative estimate of drug-likeness (QED) is 0.881. The predicted molar refractivity (Wildman–Crippen MR) is 100 cm³/mol. The van der Waals surface area contributed by atoms with Crippen LogP contribution in [0.4, 0.5) is 0 Å². The molecular formula is C21H26N2O2. The molecule has 0 spiro atoms. The number of nitrogens with zero attached hydrogens (tertiary/aromatic N) is 1. The summed E-state index contributed by atoms with van der Waals surface area (Å²) in [6, 6.07) is 6.73. The molecule has 2 N–H and O–H groups in total. The minimum Gasteiger partial charge on any atom is -0.396 e. The minimum atomic E-state index is -0.0763. The Morgan fingerprint density at radius 3 is 3.04 bits per heavy atom. The molecule has 0 amide bonds. The van der Waals surface area contributed by atoms with Crippen LogP contribution in [0.1, 0.15) is 30.9 Å². The van der Waals surface area contributed by atoms with Gasteiger partial charge in [-0.05, 0) is 42.2 Å². The Bertz CT molecular complexity index is 832. The molecule has 0 radical (unpaired) electrons. The van der Waals surface area contributed by atoms with Gasteiger partial charge < -0.3 is 10.1 Å². The molecule has 2 unspecified atom stereocenters. The highest BCUT2D eigenvalue weighted by Crippen LogP contribution is 2.41. The van der Waals surface area contributed by atoms with Gasteiger partial charge >= 0.3 is 0 Å². The second-order valence-corrected chi connectivity index (χ2v) is 7.56. The average Bonchev–Trinajstić information content (AvgIpc) is 3.04. The second-order valence-electron chi connectivity index (χ2n) is 7.56. The monoisotopic (exact) mass is 338 g/mol. The number of Topliss-reactive ketones (excluding diaryl/α,β-unsaturated/α-hetero) is 1. The number of carbonyl (C=O) groups excluding carboxylic acids is 1. The molecule has 1 aliphatic heterocycles. The van der Waals surface area contributed by atoms with Gasteiger partial charge in [-0.2, -0.15) is 0 Å². The standard InChI is InChI=1S/C21H26N2O2/c1-3-13(12-24)7-20(25)15-8-17-16-5-4-6-18-21(16)14(10-22-18)9-19(17)23(2)11-15/h4-6,8,10,13,15,19,22,24H,3,7,9,11-12H2,1-2H3/t13?,15?,19-/m1/s1. The highest BCUT2D eigenvalue weighted by Gasteiger charge is 2.35. The minimum absolute atomic E-state index is 0.0763. The van der Waals surface area contributed by atoms with Crippen molar-refractivity contribution in [3.8, 4) is 0 Å². The fraction of sp³-hybridized carbons (Fsp3) is 0.476. The van der Waals surface area contributed by atoms with Crippen LogP contribution < -0.4 is 0 Å². The van der Waals surface area contributed by atoms with Gasteiger partial charge in [-0.1, -0.05) is 31.6 Å². The maximum Gasteiger partial charge on any atom is 0.141 e. The summed E-state index contributed by atoms with van der Waals surface area (Å²) in [6.07, 6.45) is 6.65. The third-order valence-corrected chi connectivity index (χ3v) is 6.01. The molecule has 0 fully saturated rings. The van der Waals surface area contributed by atoms with Gasteiger partial charge in [0.25, 0.3) is 0 Å². The lowest BCUT2D eigenvalue weighted by molar-refractivity contribution is -0.123. The van der Waals surface area contributed by atoms with E-state index in [1.54, 1.807) is 0 Å². The van der Waals surface area contributed by atoms with E-state index in [0.29, 0.717) is 12.5 Å². The number of hydrogen-bond acceptors (Lipinski definition) is 3. The van der Waals surface area contributed by atoms with Crippen molar-refractivity contribution >= 4 is 22.3 Å². The fourth-order valence-electron chi connectivity index (χ4n) is 4.42. The lowest BCUT2D eigenvalue weighted by atomic mass is 9.78. The first-order chi connectivity index (χ1) is 12.1. The molecule has 132 valence electrons. The van der Waals surface area contributed by atoms with Crippen LogP contribution in [0, 0.1) is 11.8 Å². The molecule has 0 saturated heterocycles. The normalized spacial score (nSPS) is 24.0. The number of aliphatic hydroxyl groups excluding tert-OH is 1. The molecular weight excluding hydrogens is 312 g/mol. The SMILES string of the molecule is CCC(CO)CC(=O)C1C=C2c3cccc4[nH]cc(c34)C[C@H]2N(C)C1. The summed E-state index contributed by atoms with van der Waals surface area (Å²) in [7, 11) is 2.12. The van der Waals surface area contributed by atoms with E-state index in [9.17, 15) is 9.90 Å². The molecule has 0 bridgehead atoms. The van der Waals surface area contributed by atoms with Crippen molar-refractivity contribution in [2.45, 2.75) is 32.2 Å². The Labute approximate surface area is 148 Å². The van der Waals surface area contributed by atoms with Gasteiger partial charge in [-0.25, -0.2) is 0 Å². The smallest absolute Gasteiger partial charge is 0.141 e. The number of aromatic amines is 1. The molecule has 1 aliphatic carbocycles. The number of aliphatic hydroxyl groups is 1. The van der Waals surface area contributed by atoms with Crippen molar-refractivity contribution < 1.29 is 9.90 Å². The van der Waals surface area contributed by atoms with Crippen LogP contribution in [0.3, 0.4) is 0 Å². The molecule has 4 heteroatoms. The van der Waals surface area contributed by atoms with Crippen molar-refractivity contribution in [3.05, 3.63) is 41.6 Å². The van der Waals surface area contributed by atoms with E-state index in [1.807, 2.05) is 6.92 Å². The Balaban J connectivity index is 1.71. The maximum absolute atomic E-state index is 12.8. The number of hydrogen-bond donors (Lipinski definition) is 2. The van der Waals surface area contributed by atoms with Gasteiger partial charge in [0.15, 0.2) is 0 Å². The molecule has 2 heterocycles. The topological polar surface area (TPSA) is 56.3 Å². The average molecular weight is 338 g/mol. The molecule has 2 aliphatic rings. The number of nitrogens with one attached hydrogen (secondary N) is 1. The van der Waals surface area contributed by atoms with Crippen LogP contribution in [0.5, 0.6) is 0 Å². The van der Waals surface area contributed by atoms with Crippen LogP contribution in [-0.4, -0.2) is 47.0 Å². The van der Waals surface area contributed by atoms with Crippen LogP contribution in [0.25, 0.3) is 16.5 Å². The van der Waals surface area contributed by atoms with Crippen LogP contribution in [-0.2, 0) is 11.2 Å². The molecule has 2 aromatic rings. The van der Waals surface area contributed by atoms with Crippen molar-refractivity contribution in [2.75, 3.05) is 20.2 Å². The van der Waals surface area contributed by atoms with Gasteiger partial charge in [-0.15, -0.1) is 0 Å². The number of carbonyl (C=O) groups is 1. The first-order valence-corrected chi connectivity index (χ1v) is 9.27. The largest absolute Gasteiger partial charge is 0.396 e. The number of rotatable bonds is 5. The summed E-state index contributed by atoms with van der Waals surface area (Å²) in [4.78, 5) is 18.5. The zero-order valence-electron chi connectivity index (χ0n) is 15.0. The number of ketones is 1. The number of aromatic nitrogens is 1. The number of H-pyrrole nitrogens is 1. The van der Waals surface area contributed by atoms with Crippen LogP contribution in [0.15, 0.2) is 30.5 Å². The number of fused-ring (bicyclic) bond motifs is 2. The van der Waals surface area contributed by atoms with Gasteiger partial charge in [0, 0.05) is 48.6 Å². The molecule has 3 atom stereocenters. The summed E-state index contributed by atoms with van der Waals surface area (Å²) >= 11 is 0. The summed E-state index contributed by atoms with van der Waals surface area (Å²) < 4.78 is 0. The summed E-state index contributed by atoms with van der Waals surface area (Å²) in [5.74, 6) is 0.262. The predicted octanol–water partition coefficient (Wildman–Crippen LogP) is 3.02. The Hall–Kier alpha value is -1.91. The Morgan fingerprint density at radius 1 is 1.44 bits per heavy atom. The van der Waals surface area contributed by atoms with Gasteiger partial charge in [0.1, 0.15) is 5.78 Å². The Morgan fingerprint density at radius 2 is 2.28 bits per heavy atom. The lowest BCUT2D eigenvalue weighted by Crippen LogP contribution is -2.44. The maximum atomic E-state index is 12.8. The van der Waals surface area contributed by atoms with E-state index in [-0.39, 0.29) is 24.2 Å². The zero-order chi connectivity index (χ0) is 17.6. The van der Waals surface area contributed by atoms with E-state index >= 15 is 0 Å². The van der Waals surface area contributed by atoms with E-state index < -0.39 is 0 Å². The zero-order valence-corrected chi connectivity index (χ0v) is 15.0. The van der Waals surface area contributed by atoms with Crippen molar-refractivity contribution in [1.82, 2.24) is 9.88 Å². The van der Waals surface area contributed by atoms with E-state index in [2.05, 4.69) is 47.4 Å². The third-order valence-electron chi connectivity index (χ3n) is 6.01. The summed E-state index contributed by atoms with van der Waals surface area (Å²) in [5, 5.41) is 10.7. The first kappa shape index (κ1) is 16.6. The highest BCUT2D eigenvalue weighted by molar-refractivity contribution is 5.99. The van der Waals surface area contributed by atoms with Crippen LogP contribution >= 0.6 is 0 Å². The molecule has 1 aromatic carbocycles. The van der Waals surface area contributed by atoms with Gasteiger partial charge in [0.05, 0.1) is 0 Å².